The minimum Gasteiger partial charge on any atom is -0.394 e. The maximum absolute atomic E-state index is 12.9. The molecule has 7 saturated heterocycles. The van der Waals surface area contributed by atoms with Gasteiger partial charge in [-0.2, -0.15) is 0 Å². The van der Waals surface area contributed by atoms with Crippen LogP contribution in [0, 0.1) is 0 Å². The first-order chi connectivity index (χ1) is 41.2. The van der Waals surface area contributed by atoms with Gasteiger partial charge in [-0.1, -0.05) is 0 Å². The number of aliphatic hydroxyl groups excluding tert-OH is 20. The van der Waals surface area contributed by atoms with Crippen LogP contribution in [0.1, 0.15) is 20.8 Å². The Morgan fingerprint density at radius 2 is 0.552 bits per heavy atom. The summed E-state index contributed by atoms with van der Waals surface area (Å²) < 4.78 is 76.0. The number of rotatable bonds is 22. The summed E-state index contributed by atoms with van der Waals surface area (Å²) in [5.41, 5.74) is 0. The first-order valence-electron chi connectivity index (χ1n) is 27.6. The van der Waals surface area contributed by atoms with E-state index in [0.717, 1.165) is 20.8 Å². The van der Waals surface area contributed by atoms with Gasteiger partial charge in [0, 0.05) is 20.8 Å². The molecule has 0 aromatic rings. The largest absolute Gasteiger partial charge is 0.394 e. The van der Waals surface area contributed by atoms with Gasteiger partial charge >= 0.3 is 0 Å². The summed E-state index contributed by atoms with van der Waals surface area (Å²) in [5, 5.41) is 225. The maximum Gasteiger partial charge on any atom is 0.217 e. The van der Waals surface area contributed by atoms with Crippen molar-refractivity contribution in [1.82, 2.24) is 16.0 Å². The molecule has 7 aliphatic heterocycles. The van der Waals surface area contributed by atoms with Crippen LogP contribution in [0.25, 0.3) is 0 Å². The maximum atomic E-state index is 12.9. The lowest BCUT2D eigenvalue weighted by molar-refractivity contribution is -0.404. The number of carbonyl (C=O) groups is 3. The van der Waals surface area contributed by atoms with Crippen molar-refractivity contribution in [1.29, 1.82) is 0 Å². The fourth-order valence-electron chi connectivity index (χ4n) is 11.2. The lowest BCUT2D eigenvalue weighted by Crippen LogP contribution is -2.71. The molecule has 0 aliphatic carbocycles. The second-order valence-electron chi connectivity index (χ2n) is 21.8. The Morgan fingerprint density at radius 1 is 0.276 bits per heavy atom. The monoisotopic (exact) mass is 1280 g/mol. The van der Waals surface area contributed by atoms with E-state index >= 15 is 0 Å². The fourth-order valence-corrected chi connectivity index (χ4v) is 11.2. The van der Waals surface area contributed by atoms with Gasteiger partial charge in [0.15, 0.2) is 44.0 Å². The number of hydrogen-bond acceptors (Lipinski definition) is 36. The van der Waals surface area contributed by atoms with Crippen LogP contribution < -0.4 is 16.0 Å². The molecule has 504 valence electrons. The highest BCUT2D eigenvalue weighted by atomic mass is 16.8. The topological polar surface area (TPSA) is 612 Å². The van der Waals surface area contributed by atoms with Crippen molar-refractivity contribution in [3.63, 3.8) is 0 Å². The minimum absolute atomic E-state index is 0.766. The molecule has 1 unspecified atom stereocenters. The van der Waals surface area contributed by atoms with Crippen LogP contribution in [0.15, 0.2) is 0 Å². The van der Waals surface area contributed by atoms with Gasteiger partial charge in [0.1, 0.15) is 171 Å². The average Bonchev–Trinajstić information content (AvgIpc) is 1.24. The zero-order valence-electron chi connectivity index (χ0n) is 46.6. The Kier molecular flexibility index (Phi) is 25.6. The zero-order valence-corrected chi connectivity index (χ0v) is 46.6. The van der Waals surface area contributed by atoms with E-state index in [1.54, 1.807) is 0 Å². The fraction of sp³-hybridized carbons (Fsp3) is 0.938. The van der Waals surface area contributed by atoms with Gasteiger partial charge in [0.2, 0.25) is 17.7 Å². The molecular formula is C48H81N3O36. The molecule has 35 atom stereocenters. The zero-order chi connectivity index (χ0) is 64.2. The molecule has 0 radical (unpaired) electrons. The van der Waals surface area contributed by atoms with Gasteiger partial charge in [0.05, 0.1) is 46.2 Å². The molecule has 39 heteroatoms. The van der Waals surface area contributed by atoms with E-state index in [0.29, 0.717) is 0 Å². The van der Waals surface area contributed by atoms with Crippen molar-refractivity contribution in [2.75, 3.05) is 46.2 Å². The molecule has 0 aromatic heterocycles. The molecule has 7 fully saturated rings. The highest BCUT2D eigenvalue weighted by molar-refractivity contribution is 5.74. The van der Waals surface area contributed by atoms with Crippen molar-refractivity contribution in [2.45, 2.75) is 236 Å². The van der Waals surface area contributed by atoms with E-state index in [1.165, 1.54) is 0 Å². The van der Waals surface area contributed by atoms with Crippen LogP contribution in [0.5, 0.6) is 0 Å². The molecule has 0 saturated carbocycles. The Bertz CT molecular complexity index is 2190. The Labute approximate surface area is 492 Å². The Hall–Kier alpha value is -2.91. The molecule has 23 N–H and O–H groups in total. The predicted octanol–water partition coefficient (Wildman–Crippen LogP) is -15.8. The number of nitrogens with one attached hydrogen (secondary N) is 3. The van der Waals surface area contributed by atoms with Crippen LogP contribution in [0.3, 0.4) is 0 Å². The normalized spacial score (nSPS) is 48.9. The smallest absolute Gasteiger partial charge is 0.217 e. The summed E-state index contributed by atoms with van der Waals surface area (Å²) >= 11 is 0. The third-order valence-corrected chi connectivity index (χ3v) is 15.8. The van der Waals surface area contributed by atoms with Crippen molar-refractivity contribution < 1.29 is 178 Å². The number of aliphatic hydroxyl groups is 20. The van der Waals surface area contributed by atoms with Crippen LogP contribution >= 0.6 is 0 Å². The molecule has 0 spiro atoms. The summed E-state index contributed by atoms with van der Waals surface area (Å²) in [6, 6.07) is -5.42. The van der Waals surface area contributed by atoms with E-state index in [-0.39, 0.29) is 0 Å². The van der Waals surface area contributed by atoms with E-state index in [1.807, 2.05) is 0 Å². The quantitative estimate of drug-likeness (QED) is 0.0479. The lowest BCUT2D eigenvalue weighted by Gasteiger charge is -2.52. The third kappa shape index (κ3) is 15.6. The number of hydrogen-bond donors (Lipinski definition) is 23. The van der Waals surface area contributed by atoms with E-state index in [2.05, 4.69) is 16.0 Å². The number of carbonyl (C=O) groups excluding carboxylic acids is 3. The van der Waals surface area contributed by atoms with E-state index in [9.17, 15) is 117 Å². The van der Waals surface area contributed by atoms with Crippen molar-refractivity contribution >= 4 is 17.7 Å². The summed E-state index contributed by atoms with van der Waals surface area (Å²) in [7, 11) is 0. The number of amides is 3. The molecule has 7 rings (SSSR count). The highest BCUT2D eigenvalue weighted by Crippen LogP contribution is 2.39. The van der Waals surface area contributed by atoms with Crippen LogP contribution in [0.4, 0.5) is 0 Å². The van der Waals surface area contributed by atoms with Gasteiger partial charge in [0.25, 0.3) is 0 Å². The molecule has 87 heavy (non-hydrogen) atoms. The first-order valence-corrected chi connectivity index (χ1v) is 27.6. The molecule has 39 nitrogen and oxygen atoms in total. The van der Waals surface area contributed by atoms with Crippen LogP contribution in [-0.2, 0) is 76.0 Å². The van der Waals surface area contributed by atoms with Gasteiger partial charge < -0.3 is 180 Å². The van der Waals surface area contributed by atoms with Gasteiger partial charge in [-0.05, 0) is 0 Å². The lowest BCUT2D eigenvalue weighted by atomic mass is 9.93. The Balaban J connectivity index is 1.24. The summed E-state index contributed by atoms with van der Waals surface area (Å²) in [6.45, 7) is -4.35. The minimum atomic E-state index is -2.42. The predicted molar refractivity (Wildman–Crippen MR) is 267 cm³/mol. The first kappa shape index (κ1) is 71.5. The molecule has 3 amide bonds. The standard InChI is InChI=1S/C48H81N3O36/c1-11(59)49-21-27(65)36(17(7-55)75-42(21)74)85-47-35(73)40(26(64)16(6-54)78-47)86-48-41(87-44-23(51-13(3)61)29(67)38(19(9-57)80-44)84-46-33(71)31(69)25(63)15(5-53)77-46)34(72)39(20(10-58)81-48)82-43-22(50-12(2)60)28(66)37(18(8-56)79-43)83-45-32(70)30(68)24(62)14(4-52)76-45/h14-48,52-58,62-74H,4-10H2,1-3H3,(H,49,59)(H,50,60)(H,51,61)/t14-,15-,16-,17-,18-,19-,20-,21-,22-,23-,24+,25+,26-,27-,28-,29-,30+,31+,32-,33-,34+,35+,36-,37-,38-,39-,40+,41+,42?,43+,44+,45+,46+,47+,48-/m1/s1. The van der Waals surface area contributed by atoms with Crippen molar-refractivity contribution in [2.24, 2.45) is 0 Å². The van der Waals surface area contributed by atoms with Gasteiger partial charge in [-0.3, -0.25) is 14.4 Å². The Morgan fingerprint density at radius 3 is 0.931 bits per heavy atom. The van der Waals surface area contributed by atoms with Gasteiger partial charge in [-0.15, -0.1) is 0 Å². The molecular weight excluding hydrogens is 1190 g/mol. The second kappa shape index (κ2) is 31.1. The summed E-state index contributed by atoms with van der Waals surface area (Å²) in [5.74, 6) is -2.60. The molecule has 7 aliphatic rings. The molecule has 7 heterocycles. The molecule has 0 aromatic carbocycles. The SMILES string of the molecule is CC(=O)N[C@H]1[C@H](O[C@@H]2[C@@H](O[C@@H]3[C@H](O)[C@H](O[C@H]4[C@H](O)[C@@H](NC(C)=O)C(O)O[C@@H]4CO)O[C@H](CO)[C@H]3O)O[C@H](CO)[C@@H](O[C@@H]3O[C@H](CO)[C@@H](O[C@@H]4O[C@H](CO)[C@H](O)[C@H](O)[C@H]4O)[C@H](O)[C@H]3NC(C)=O)[C@@H]2O)O[C@H](CO)[C@@H](O[C@@H]2O[C@H](CO)[C@H](O)[C@H](O)[C@H]2O)[C@@H]1O. The summed E-state index contributed by atoms with van der Waals surface area (Å²) in [6.07, 6.45) is -63.8. The third-order valence-electron chi connectivity index (χ3n) is 15.8. The molecule has 0 bridgehead atoms. The van der Waals surface area contributed by atoms with E-state index < -0.39 is 279 Å². The van der Waals surface area contributed by atoms with Crippen molar-refractivity contribution in [3.05, 3.63) is 0 Å². The van der Waals surface area contributed by atoms with Crippen LogP contribution in [-0.4, -0.2) is 381 Å². The highest BCUT2D eigenvalue weighted by Gasteiger charge is 2.60. The number of ether oxygens (including phenoxy) is 13. The second-order valence-corrected chi connectivity index (χ2v) is 21.8. The van der Waals surface area contributed by atoms with Crippen LogP contribution in [0.2, 0.25) is 0 Å². The average molecular weight is 1280 g/mol. The van der Waals surface area contributed by atoms with Gasteiger partial charge in [-0.25, -0.2) is 0 Å². The summed E-state index contributed by atoms with van der Waals surface area (Å²) in [4.78, 5) is 37.7. The van der Waals surface area contributed by atoms with Crippen molar-refractivity contribution in [3.8, 4) is 0 Å². The van der Waals surface area contributed by atoms with E-state index in [4.69, 9.17) is 61.6 Å².